The molecule has 1 aliphatic heterocycles. The van der Waals surface area contributed by atoms with Gasteiger partial charge >= 0.3 is 0 Å². The van der Waals surface area contributed by atoms with E-state index in [0.29, 0.717) is 24.9 Å². The van der Waals surface area contributed by atoms with E-state index in [2.05, 4.69) is 5.32 Å². The number of hydrogen-bond acceptors (Lipinski definition) is 5. The SMILES string of the molecule is CNCCC[C@@H](C(=O)N1CCN(S(C)(=O)=O)CC1)N(C)C(=O)c1ccc(F)cc1. The van der Waals surface area contributed by atoms with Crippen LogP contribution in [-0.4, -0.2) is 93.5 Å². The lowest BCUT2D eigenvalue weighted by Gasteiger charge is -2.37. The average molecular weight is 429 g/mol. The third-order valence-electron chi connectivity index (χ3n) is 5.09. The fourth-order valence-corrected chi connectivity index (χ4v) is 4.17. The summed E-state index contributed by atoms with van der Waals surface area (Å²) >= 11 is 0. The van der Waals surface area contributed by atoms with Crippen LogP contribution in [0.3, 0.4) is 0 Å². The molecule has 1 N–H and O–H groups in total. The maximum absolute atomic E-state index is 13.2. The minimum absolute atomic E-state index is 0.202. The monoisotopic (exact) mass is 428 g/mol. The minimum atomic E-state index is -3.29. The number of nitrogens with one attached hydrogen (secondary N) is 1. The largest absolute Gasteiger partial charge is 0.338 e. The Morgan fingerprint density at radius 2 is 1.76 bits per heavy atom. The second kappa shape index (κ2) is 10.1. The molecule has 0 bridgehead atoms. The lowest BCUT2D eigenvalue weighted by Crippen LogP contribution is -2.56. The Bertz CT molecular complexity index is 808. The van der Waals surface area contributed by atoms with E-state index in [9.17, 15) is 22.4 Å². The third kappa shape index (κ3) is 6.22. The lowest BCUT2D eigenvalue weighted by molar-refractivity contribution is -0.137. The zero-order valence-corrected chi connectivity index (χ0v) is 17.9. The van der Waals surface area contributed by atoms with Crippen molar-refractivity contribution in [2.24, 2.45) is 0 Å². The molecule has 0 spiro atoms. The summed E-state index contributed by atoms with van der Waals surface area (Å²) in [5.41, 5.74) is 0.308. The van der Waals surface area contributed by atoms with Crippen LogP contribution < -0.4 is 5.32 Å². The molecule has 29 heavy (non-hydrogen) atoms. The summed E-state index contributed by atoms with van der Waals surface area (Å²) in [4.78, 5) is 29.0. The van der Waals surface area contributed by atoms with Gasteiger partial charge in [-0.1, -0.05) is 0 Å². The number of benzene rings is 1. The second-order valence-electron chi connectivity index (χ2n) is 7.17. The number of halogens is 1. The molecule has 2 amide bonds. The van der Waals surface area contributed by atoms with Crippen LogP contribution >= 0.6 is 0 Å². The van der Waals surface area contributed by atoms with E-state index in [1.165, 1.54) is 33.5 Å². The zero-order valence-electron chi connectivity index (χ0n) is 17.1. The fraction of sp³-hybridized carbons (Fsp3) is 0.579. The van der Waals surface area contributed by atoms with Crippen molar-refractivity contribution in [2.75, 3.05) is 53.1 Å². The van der Waals surface area contributed by atoms with Crippen LogP contribution in [-0.2, 0) is 14.8 Å². The molecule has 1 fully saturated rings. The Balaban J connectivity index is 2.13. The third-order valence-corrected chi connectivity index (χ3v) is 6.39. The number of hydrogen-bond donors (Lipinski definition) is 1. The number of sulfonamides is 1. The van der Waals surface area contributed by atoms with Gasteiger partial charge in [0.1, 0.15) is 11.9 Å². The van der Waals surface area contributed by atoms with Gasteiger partial charge in [0, 0.05) is 38.8 Å². The minimum Gasteiger partial charge on any atom is -0.338 e. The van der Waals surface area contributed by atoms with Crippen LogP contribution in [0.5, 0.6) is 0 Å². The summed E-state index contributed by atoms with van der Waals surface area (Å²) in [5, 5.41) is 3.03. The van der Waals surface area contributed by atoms with Crippen LogP contribution in [0, 0.1) is 5.82 Å². The number of rotatable bonds is 8. The van der Waals surface area contributed by atoms with E-state index in [-0.39, 0.29) is 38.0 Å². The molecule has 0 saturated carbocycles. The standard InChI is InChI=1S/C19H29FN4O4S/c1-21-10-4-5-17(22(2)18(25)15-6-8-16(20)9-7-15)19(26)23-11-13-24(14-12-23)29(3,27)28/h6-9,17,21H,4-5,10-14H2,1-3H3/t17-/m0/s1. The van der Waals surface area contributed by atoms with Gasteiger partial charge in [-0.25, -0.2) is 12.8 Å². The van der Waals surface area contributed by atoms with Crippen LogP contribution in [0.1, 0.15) is 23.2 Å². The first-order chi connectivity index (χ1) is 13.6. The Morgan fingerprint density at radius 1 is 1.17 bits per heavy atom. The summed E-state index contributed by atoms with van der Waals surface area (Å²) in [6.07, 6.45) is 2.31. The highest BCUT2D eigenvalue weighted by Gasteiger charge is 2.33. The molecule has 1 atom stereocenters. The van der Waals surface area contributed by atoms with E-state index in [0.717, 1.165) is 6.26 Å². The van der Waals surface area contributed by atoms with Crippen molar-refractivity contribution in [1.29, 1.82) is 0 Å². The van der Waals surface area contributed by atoms with Crippen LogP contribution in [0.4, 0.5) is 4.39 Å². The molecule has 0 aliphatic carbocycles. The van der Waals surface area contributed by atoms with E-state index in [1.807, 2.05) is 7.05 Å². The fourth-order valence-electron chi connectivity index (χ4n) is 3.34. The van der Waals surface area contributed by atoms with Gasteiger partial charge in [-0.05, 0) is 50.7 Å². The quantitative estimate of drug-likeness (QED) is 0.605. The highest BCUT2D eigenvalue weighted by atomic mass is 32.2. The van der Waals surface area contributed by atoms with Crippen molar-refractivity contribution in [2.45, 2.75) is 18.9 Å². The molecule has 1 heterocycles. The van der Waals surface area contributed by atoms with Gasteiger partial charge in [0.25, 0.3) is 5.91 Å². The highest BCUT2D eigenvalue weighted by Crippen LogP contribution is 2.16. The molecule has 1 aliphatic rings. The molecular weight excluding hydrogens is 399 g/mol. The van der Waals surface area contributed by atoms with E-state index in [1.54, 1.807) is 11.9 Å². The molecule has 10 heteroatoms. The summed E-state index contributed by atoms with van der Waals surface area (Å²) in [5.74, 6) is -0.996. The van der Waals surface area contributed by atoms with E-state index < -0.39 is 21.9 Å². The van der Waals surface area contributed by atoms with Crippen molar-refractivity contribution in [3.8, 4) is 0 Å². The molecule has 2 rings (SSSR count). The molecule has 162 valence electrons. The van der Waals surface area contributed by atoms with Gasteiger partial charge in [-0.2, -0.15) is 4.31 Å². The van der Waals surface area contributed by atoms with Crippen molar-refractivity contribution in [3.05, 3.63) is 35.6 Å². The van der Waals surface area contributed by atoms with Gasteiger partial charge in [0.15, 0.2) is 0 Å². The van der Waals surface area contributed by atoms with Crippen molar-refractivity contribution < 1.29 is 22.4 Å². The van der Waals surface area contributed by atoms with Crippen LogP contribution in [0.2, 0.25) is 0 Å². The Morgan fingerprint density at radius 3 is 2.28 bits per heavy atom. The highest BCUT2D eigenvalue weighted by molar-refractivity contribution is 7.88. The molecule has 0 radical (unpaired) electrons. The van der Waals surface area contributed by atoms with Crippen molar-refractivity contribution >= 4 is 21.8 Å². The number of nitrogens with zero attached hydrogens (tertiary/aromatic N) is 3. The topological polar surface area (TPSA) is 90.0 Å². The first-order valence-electron chi connectivity index (χ1n) is 9.56. The van der Waals surface area contributed by atoms with Gasteiger partial charge < -0.3 is 15.1 Å². The Hall–Kier alpha value is -2.04. The number of piperazine rings is 1. The number of carbonyl (C=O) groups is 2. The molecule has 8 nitrogen and oxygen atoms in total. The number of carbonyl (C=O) groups excluding carboxylic acids is 2. The number of amides is 2. The summed E-state index contributed by atoms with van der Waals surface area (Å²) in [7, 11) is 0.0937. The van der Waals surface area contributed by atoms with E-state index >= 15 is 0 Å². The smallest absolute Gasteiger partial charge is 0.254 e. The Kier molecular flexibility index (Phi) is 8.12. The Labute approximate surface area is 171 Å². The van der Waals surface area contributed by atoms with E-state index in [4.69, 9.17) is 0 Å². The number of likely N-dealkylation sites (N-methyl/N-ethyl adjacent to an activating group) is 1. The first kappa shape index (κ1) is 23.2. The predicted octanol–water partition coefficient (Wildman–Crippen LogP) is 0.370. The maximum atomic E-state index is 13.2. The normalized spacial score (nSPS) is 16.5. The second-order valence-corrected chi connectivity index (χ2v) is 9.15. The summed E-state index contributed by atoms with van der Waals surface area (Å²) in [6.45, 7) is 1.75. The zero-order chi connectivity index (χ0) is 21.6. The molecular formula is C19H29FN4O4S. The summed E-state index contributed by atoms with van der Waals surface area (Å²) in [6, 6.07) is 4.54. The molecule has 0 aromatic heterocycles. The molecule has 0 unspecified atom stereocenters. The van der Waals surface area contributed by atoms with Crippen LogP contribution in [0.15, 0.2) is 24.3 Å². The maximum Gasteiger partial charge on any atom is 0.254 e. The van der Waals surface area contributed by atoms with Crippen molar-refractivity contribution in [3.63, 3.8) is 0 Å². The molecule has 1 saturated heterocycles. The average Bonchev–Trinajstić information content (AvgIpc) is 2.70. The lowest BCUT2D eigenvalue weighted by atomic mass is 10.1. The predicted molar refractivity (Wildman–Crippen MR) is 108 cm³/mol. The van der Waals surface area contributed by atoms with Crippen LogP contribution in [0.25, 0.3) is 0 Å². The van der Waals surface area contributed by atoms with Gasteiger partial charge in [0.2, 0.25) is 15.9 Å². The summed E-state index contributed by atoms with van der Waals surface area (Å²) < 4.78 is 37.9. The van der Waals surface area contributed by atoms with Crippen molar-refractivity contribution in [1.82, 2.24) is 19.4 Å². The van der Waals surface area contributed by atoms with Gasteiger partial charge in [-0.15, -0.1) is 0 Å². The van der Waals surface area contributed by atoms with Gasteiger partial charge in [-0.3, -0.25) is 9.59 Å². The van der Waals surface area contributed by atoms with Gasteiger partial charge in [0.05, 0.1) is 6.26 Å². The first-order valence-corrected chi connectivity index (χ1v) is 11.4. The molecule has 1 aromatic rings. The molecule has 1 aromatic carbocycles.